The van der Waals surface area contributed by atoms with Crippen LogP contribution in [0.15, 0.2) is 36.4 Å². The predicted molar refractivity (Wildman–Crippen MR) is 93.6 cm³/mol. The average Bonchev–Trinajstić information content (AvgIpc) is 2.51. The lowest BCUT2D eigenvalue weighted by Gasteiger charge is -2.22. The maximum atomic E-state index is 13.4. The molecule has 0 aromatic heterocycles. The number of nitrogens with zero attached hydrogens (tertiary/aromatic N) is 1. The number of sulfonamides is 1. The second-order valence-electron chi connectivity index (χ2n) is 5.02. The average molecular weight is 409 g/mol. The van der Waals surface area contributed by atoms with Gasteiger partial charge in [0.2, 0.25) is 15.9 Å². The molecule has 25 heavy (non-hydrogen) atoms. The topological polar surface area (TPSA) is 66.5 Å². The van der Waals surface area contributed by atoms with Crippen molar-refractivity contribution in [3.63, 3.8) is 0 Å². The first-order chi connectivity index (χ1) is 11.6. The first-order valence-corrected chi connectivity index (χ1v) is 9.36. The first kappa shape index (κ1) is 19.4. The van der Waals surface area contributed by atoms with Crippen molar-refractivity contribution in [2.45, 2.75) is 0 Å². The highest BCUT2D eigenvalue weighted by Gasteiger charge is 2.22. The Kier molecular flexibility index (Phi) is 5.87. The van der Waals surface area contributed by atoms with Gasteiger partial charge in [-0.2, -0.15) is 0 Å². The van der Waals surface area contributed by atoms with Crippen LogP contribution in [-0.2, 0) is 14.8 Å². The molecule has 1 amide bonds. The lowest BCUT2D eigenvalue weighted by molar-refractivity contribution is -0.114. The van der Waals surface area contributed by atoms with Crippen LogP contribution in [0.1, 0.15) is 0 Å². The highest BCUT2D eigenvalue weighted by Crippen LogP contribution is 2.29. The predicted octanol–water partition coefficient (Wildman–Crippen LogP) is 3.68. The molecule has 2 aromatic carbocycles. The lowest BCUT2D eigenvalue weighted by Crippen LogP contribution is -2.37. The van der Waals surface area contributed by atoms with E-state index in [2.05, 4.69) is 5.32 Å². The van der Waals surface area contributed by atoms with Crippen LogP contribution in [0.4, 0.5) is 20.2 Å². The summed E-state index contributed by atoms with van der Waals surface area (Å²) in [6.07, 6.45) is 0.841. The van der Waals surface area contributed by atoms with Gasteiger partial charge in [0, 0.05) is 6.07 Å². The summed E-state index contributed by atoms with van der Waals surface area (Å²) in [7, 11) is -3.93. The molecule has 134 valence electrons. The number of nitrogens with one attached hydrogen (secondary N) is 1. The van der Waals surface area contributed by atoms with Crippen molar-refractivity contribution in [2.75, 3.05) is 22.4 Å². The number of halogens is 4. The van der Waals surface area contributed by atoms with E-state index in [0.29, 0.717) is 10.4 Å². The fourth-order valence-electron chi connectivity index (χ4n) is 1.96. The molecule has 0 atom stereocenters. The van der Waals surface area contributed by atoms with E-state index in [4.69, 9.17) is 23.2 Å². The molecule has 0 radical (unpaired) electrons. The Morgan fingerprint density at radius 1 is 1.16 bits per heavy atom. The van der Waals surface area contributed by atoms with E-state index in [1.807, 2.05) is 0 Å². The van der Waals surface area contributed by atoms with Crippen molar-refractivity contribution < 1.29 is 22.0 Å². The summed E-state index contributed by atoms with van der Waals surface area (Å²) in [6.45, 7) is -0.660. The van der Waals surface area contributed by atoms with Gasteiger partial charge in [-0.1, -0.05) is 29.3 Å². The van der Waals surface area contributed by atoms with Gasteiger partial charge in [-0.05, 0) is 24.3 Å². The zero-order valence-electron chi connectivity index (χ0n) is 12.8. The van der Waals surface area contributed by atoms with Gasteiger partial charge in [0.05, 0.1) is 27.7 Å². The Labute approximate surface area is 153 Å². The van der Waals surface area contributed by atoms with Crippen LogP contribution in [0, 0.1) is 11.6 Å². The molecule has 10 heteroatoms. The number of hydrogen-bond acceptors (Lipinski definition) is 3. The number of carbonyl (C=O) groups is 1. The quantitative estimate of drug-likeness (QED) is 0.820. The summed E-state index contributed by atoms with van der Waals surface area (Å²) >= 11 is 11.8. The van der Waals surface area contributed by atoms with E-state index in [-0.39, 0.29) is 21.4 Å². The summed E-state index contributed by atoms with van der Waals surface area (Å²) in [5.41, 5.74) is 0.00615. The molecule has 1 N–H and O–H groups in total. The number of benzene rings is 2. The molecule has 2 rings (SSSR count). The molecule has 0 bridgehead atoms. The van der Waals surface area contributed by atoms with Crippen LogP contribution in [-0.4, -0.2) is 27.1 Å². The molecule has 0 fully saturated rings. The maximum absolute atomic E-state index is 13.4. The number of hydrogen-bond donors (Lipinski definition) is 1. The Morgan fingerprint density at radius 3 is 2.44 bits per heavy atom. The van der Waals surface area contributed by atoms with E-state index in [0.717, 1.165) is 18.4 Å². The summed E-state index contributed by atoms with van der Waals surface area (Å²) in [4.78, 5) is 12.2. The van der Waals surface area contributed by atoms with Crippen LogP contribution in [0.3, 0.4) is 0 Å². The van der Waals surface area contributed by atoms with Gasteiger partial charge >= 0.3 is 0 Å². The highest BCUT2D eigenvalue weighted by atomic mass is 35.5. The smallest absolute Gasteiger partial charge is 0.245 e. The van der Waals surface area contributed by atoms with Crippen LogP contribution in [0.25, 0.3) is 0 Å². The molecule has 0 unspecified atom stereocenters. The molecule has 0 aliphatic rings. The van der Waals surface area contributed by atoms with Gasteiger partial charge in [-0.15, -0.1) is 0 Å². The largest absolute Gasteiger partial charge is 0.323 e. The van der Waals surface area contributed by atoms with Crippen LogP contribution in [0.2, 0.25) is 10.0 Å². The SMILES string of the molecule is CS(=O)(=O)N(CC(=O)Nc1cccc(Cl)c1Cl)c1ccc(F)c(F)c1. The molecule has 0 saturated heterocycles. The van der Waals surface area contributed by atoms with E-state index in [9.17, 15) is 22.0 Å². The molecule has 0 saturated carbocycles. The third kappa shape index (κ3) is 4.81. The number of amides is 1. The van der Waals surface area contributed by atoms with Gasteiger partial charge in [0.25, 0.3) is 0 Å². The summed E-state index contributed by atoms with van der Waals surface area (Å²) in [5.74, 6) is -3.10. The number of rotatable bonds is 5. The molecule has 0 aliphatic carbocycles. The van der Waals surface area contributed by atoms with Crippen molar-refractivity contribution in [3.05, 3.63) is 58.1 Å². The van der Waals surface area contributed by atoms with Crippen LogP contribution < -0.4 is 9.62 Å². The van der Waals surface area contributed by atoms with E-state index >= 15 is 0 Å². The molecule has 2 aromatic rings. The van der Waals surface area contributed by atoms with Crippen molar-refractivity contribution in [2.24, 2.45) is 0 Å². The van der Waals surface area contributed by atoms with E-state index in [1.165, 1.54) is 12.1 Å². The van der Waals surface area contributed by atoms with Gasteiger partial charge in [0.15, 0.2) is 11.6 Å². The van der Waals surface area contributed by atoms with Crippen molar-refractivity contribution in [1.29, 1.82) is 0 Å². The fourth-order valence-corrected chi connectivity index (χ4v) is 3.16. The maximum Gasteiger partial charge on any atom is 0.245 e. The minimum atomic E-state index is -3.93. The summed E-state index contributed by atoms with van der Waals surface area (Å²) in [5, 5.41) is 2.72. The standard InChI is InChI=1S/C15H12Cl2F2N2O3S/c1-25(23,24)21(9-5-6-11(18)12(19)7-9)8-14(22)20-13-4-2-3-10(16)15(13)17/h2-7H,8H2,1H3,(H,20,22). The molecular formula is C15H12Cl2F2N2O3S. The fraction of sp³-hybridized carbons (Fsp3) is 0.133. The normalized spacial score (nSPS) is 11.2. The molecule has 0 heterocycles. The third-order valence-corrected chi connectivity index (χ3v) is 5.06. The Bertz CT molecular complexity index is 923. The Hall–Kier alpha value is -1.90. The molecule has 0 aliphatic heterocycles. The first-order valence-electron chi connectivity index (χ1n) is 6.76. The Morgan fingerprint density at radius 2 is 1.84 bits per heavy atom. The second kappa shape index (κ2) is 7.55. The van der Waals surface area contributed by atoms with E-state index < -0.39 is 34.1 Å². The minimum Gasteiger partial charge on any atom is -0.323 e. The molecule has 5 nitrogen and oxygen atoms in total. The molecule has 0 spiro atoms. The van der Waals surface area contributed by atoms with Gasteiger partial charge in [-0.25, -0.2) is 17.2 Å². The van der Waals surface area contributed by atoms with Crippen LogP contribution in [0.5, 0.6) is 0 Å². The number of carbonyl (C=O) groups excluding carboxylic acids is 1. The van der Waals surface area contributed by atoms with Crippen LogP contribution >= 0.6 is 23.2 Å². The zero-order valence-corrected chi connectivity index (χ0v) is 15.1. The van der Waals surface area contributed by atoms with Crippen molar-refractivity contribution in [3.8, 4) is 0 Å². The van der Waals surface area contributed by atoms with Gasteiger partial charge in [-0.3, -0.25) is 9.10 Å². The highest BCUT2D eigenvalue weighted by molar-refractivity contribution is 7.92. The lowest BCUT2D eigenvalue weighted by atomic mass is 10.3. The van der Waals surface area contributed by atoms with Gasteiger partial charge in [0.1, 0.15) is 6.54 Å². The van der Waals surface area contributed by atoms with E-state index in [1.54, 1.807) is 6.07 Å². The third-order valence-electron chi connectivity index (χ3n) is 3.10. The minimum absolute atomic E-state index is 0.0937. The summed E-state index contributed by atoms with van der Waals surface area (Å²) in [6, 6.07) is 7.06. The summed E-state index contributed by atoms with van der Waals surface area (Å²) < 4.78 is 50.9. The van der Waals surface area contributed by atoms with Crippen molar-refractivity contribution >= 4 is 50.5 Å². The second-order valence-corrected chi connectivity index (χ2v) is 7.71. The number of anilines is 2. The molecular weight excluding hydrogens is 397 g/mol. The van der Waals surface area contributed by atoms with Crippen molar-refractivity contribution in [1.82, 2.24) is 0 Å². The Balaban J connectivity index is 2.27. The van der Waals surface area contributed by atoms with Gasteiger partial charge < -0.3 is 5.32 Å². The zero-order chi connectivity index (χ0) is 18.8. The monoisotopic (exact) mass is 408 g/mol.